The van der Waals surface area contributed by atoms with Gasteiger partial charge in [-0.25, -0.2) is 4.98 Å². The Kier molecular flexibility index (Phi) is 4.95. The number of nitrogens with two attached hydrogens (primary N) is 1. The molecule has 1 unspecified atom stereocenters. The van der Waals surface area contributed by atoms with E-state index in [-0.39, 0.29) is 18.4 Å². The fourth-order valence-electron chi connectivity index (χ4n) is 2.77. The van der Waals surface area contributed by atoms with Crippen molar-refractivity contribution in [3.05, 3.63) is 16.1 Å². The minimum Gasteiger partial charge on any atom is -0.481 e. The predicted octanol–water partition coefficient (Wildman–Crippen LogP) is 2.07. The van der Waals surface area contributed by atoms with E-state index in [2.05, 4.69) is 10.3 Å². The Morgan fingerprint density at radius 2 is 2.14 bits per heavy atom. The van der Waals surface area contributed by atoms with E-state index < -0.39 is 11.5 Å². The number of thiazole rings is 1. The van der Waals surface area contributed by atoms with Crippen LogP contribution in [0.4, 0.5) is 0 Å². The fraction of sp³-hybridized carbons (Fsp3) is 0.643. The van der Waals surface area contributed by atoms with Crippen molar-refractivity contribution in [3.63, 3.8) is 0 Å². The first kappa shape index (κ1) is 15.9. The molecule has 4 N–H and O–H groups in total. The monoisotopic (exact) mass is 311 g/mol. The molecular formula is C14H21N3O3S. The maximum absolute atomic E-state index is 12.3. The average molecular weight is 311 g/mol. The Morgan fingerprint density at radius 1 is 1.48 bits per heavy atom. The maximum Gasteiger partial charge on any atom is 0.305 e. The summed E-state index contributed by atoms with van der Waals surface area (Å²) in [5.74, 6) is -1.19. The van der Waals surface area contributed by atoms with Gasteiger partial charge in [0, 0.05) is 5.38 Å². The number of carbonyl (C=O) groups is 2. The Hall–Kier alpha value is -1.47. The number of aliphatic carboxylic acids is 1. The minimum atomic E-state index is -0.883. The van der Waals surface area contributed by atoms with Crippen molar-refractivity contribution in [2.24, 2.45) is 5.73 Å². The molecule has 1 aliphatic rings. The zero-order chi connectivity index (χ0) is 15.5. The molecule has 1 amide bonds. The van der Waals surface area contributed by atoms with Crippen molar-refractivity contribution in [1.29, 1.82) is 0 Å². The molecule has 116 valence electrons. The van der Waals surface area contributed by atoms with E-state index in [1.54, 1.807) is 5.38 Å². The van der Waals surface area contributed by atoms with Gasteiger partial charge in [0.2, 0.25) is 0 Å². The summed E-state index contributed by atoms with van der Waals surface area (Å²) in [5, 5.41) is 14.4. The molecule has 0 radical (unpaired) electrons. The van der Waals surface area contributed by atoms with E-state index in [0.29, 0.717) is 23.5 Å². The number of amides is 1. The maximum atomic E-state index is 12.3. The third kappa shape index (κ3) is 4.01. The van der Waals surface area contributed by atoms with E-state index in [9.17, 15) is 9.59 Å². The minimum absolute atomic E-state index is 0.0387. The smallest absolute Gasteiger partial charge is 0.305 e. The first-order chi connectivity index (χ1) is 9.92. The summed E-state index contributed by atoms with van der Waals surface area (Å²) in [6, 6.07) is -0.209. The van der Waals surface area contributed by atoms with Crippen LogP contribution >= 0.6 is 11.3 Å². The second-order valence-electron chi connectivity index (χ2n) is 5.73. The summed E-state index contributed by atoms with van der Waals surface area (Å²) in [6.45, 7) is 1.81. The Balaban J connectivity index is 2.11. The van der Waals surface area contributed by atoms with Gasteiger partial charge in [-0.05, 0) is 19.8 Å². The van der Waals surface area contributed by atoms with Gasteiger partial charge in [0.15, 0.2) is 0 Å². The molecule has 6 nitrogen and oxygen atoms in total. The number of carboxylic acids is 1. The molecule has 0 spiro atoms. The van der Waals surface area contributed by atoms with E-state index >= 15 is 0 Å². The molecule has 7 heteroatoms. The highest BCUT2D eigenvalue weighted by Crippen LogP contribution is 2.31. The third-order valence-electron chi connectivity index (χ3n) is 3.82. The molecule has 0 bridgehead atoms. The summed E-state index contributed by atoms with van der Waals surface area (Å²) in [5.41, 5.74) is 5.42. The number of carbonyl (C=O) groups excluding carboxylic acids is 1. The lowest BCUT2D eigenvalue weighted by atomic mass is 9.79. The lowest BCUT2D eigenvalue weighted by Gasteiger charge is -2.36. The van der Waals surface area contributed by atoms with Crippen LogP contribution in [0.3, 0.4) is 0 Å². The molecular weight excluding hydrogens is 290 g/mol. The van der Waals surface area contributed by atoms with Gasteiger partial charge >= 0.3 is 5.97 Å². The van der Waals surface area contributed by atoms with Crippen molar-refractivity contribution in [2.75, 3.05) is 0 Å². The van der Waals surface area contributed by atoms with Crippen LogP contribution < -0.4 is 11.1 Å². The van der Waals surface area contributed by atoms with Crippen LogP contribution in [-0.2, 0) is 4.79 Å². The summed E-state index contributed by atoms with van der Waals surface area (Å²) in [6.07, 6.45) is 4.34. The Morgan fingerprint density at radius 3 is 2.67 bits per heavy atom. The Labute approximate surface area is 127 Å². The number of nitrogens with one attached hydrogen (secondary N) is 1. The molecule has 1 fully saturated rings. The van der Waals surface area contributed by atoms with Crippen LogP contribution in [0.15, 0.2) is 5.38 Å². The number of carboxylic acid groups (broad SMARTS) is 1. The van der Waals surface area contributed by atoms with Crippen LogP contribution in [0.2, 0.25) is 0 Å². The number of nitrogens with zero attached hydrogens (tertiary/aromatic N) is 1. The van der Waals surface area contributed by atoms with Gasteiger partial charge in [-0.15, -0.1) is 11.3 Å². The van der Waals surface area contributed by atoms with Crippen LogP contribution in [0.5, 0.6) is 0 Å². The van der Waals surface area contributed by atoms with E-state index in [1.165, 1.54) is 11.3 Å². The molecule has 2 rings (SSSR count). The molecule has 0 aromatic carbocycles. The van der Waals surface area contributed by atoms with Crippen molar-refractivity contribution in [1.82, 2.24) is 10.3 Å². The molecule has 1 aromatic heterocycles. The van der Waals surface area contributed by atoms with Gasteiger partial charge in [0.05, 0.1) is 18.0 Å². The lowest BCUT2D eigenvalue weighted by molar-refractivity contribution is -0.139. The molecule has 0 aliphatic heterocycles. The SMILES string of the molecule is CC(N)c1nc(C(=O)NC2(CC(=O)O)CCCCC2)cs1. The summed E-state index contributed by atoms with van der Waals surface area (Å²) < 4.78 is 0. The summed E-state index contributed by atoms with van der Waals surface area (Å²) in [4.78, 5) is 27.7. The zero-order valence-corrected chi connectivity index (χ0v) is 12.9. The molecule has 1 atom stereocenters. The van der Waals surface area contributed by atoms with Crippen molar-refractivity contribution >= 4 is 23.2 Å². The summed E-state index contributed by atoms with van der Waals surface area (Å²) in [7, 11) is 0. The molecule has 0 saturated heterocycles. The quantitative estimate of drug-likeness (QED) is 0.772. The van der Waals surface area contributed by atoms with Gasteiger partial charge in [-0.2, -0.15) is 0 Å². The Bertz CT molecular complexity index is 521. The molecule has 1 aliphatic carbocycles. The number of rotatable bonds is 5. The van der Waals surface area contributed by atoms with Crippen molar-refractivity contribution < 1.29 is 14.7 Å². The number of aromatic nitrogens is 1. The van der Waals surface area contributed by atoms with Crippen molar-refractivity contribution in [3.8, 4) is 0 Å². The average Bonchev–Trinajstić information content (AvgIpc) is 2.88. The van der Waals surface area contributed by atoms with Crippen LogP contribution in [-0.4, -0.2) is 27.5 Å². The fourth-order valence-corrected chi connectivity index (χ4v) is 3.53. The second kappa shape index (κ2) is 6.53. The normalized spacial score (nSPS) is 19.0. The highest BCUT2D eigenvalue weighted by molar-refractivity contribution is 7.09. The van der Waals surface area contributed by atoms with Gasteiger partial charge < -0.3 is 16.2 Å². The first-order valence-electron chi connectivity index (χ1n) is 7.17. The van der Waals surface area contributed by atoms with Gasteiger partial charge in [-0.3, -0.25) is 9.59 Å². The lowest BCUT2D eigenvalue weighted by Crippen LogP contribution is -2.51. The van der Waals surface area contributed by atoms with Crippen LogP contribution in [0.25, 0.3) is 0 Å². The second-order valence-corrected chi connectivity index (χ2v) is 6.61. The van der Waals surface area contributed by atoms with E-state index in [1.807, 2.05) is 6.92 Å². The van der Waals surface area contributed by atoms with Gasteiger partial charge in [-0.1, -0.05) is 19.3 Å². The topological polar surface area (TPSA) is 105 Å². The molecule has 21 heavy (non-hydrogen) atoms. The predicted molar refractivity (Wildman–Crippen MR) is 80.3 cm³/mol. The van der Waals surface area contributed by atoms with Gasteiger partial charge in [0.1, 0.15) is 10.7 Å². The first-order valence-corrected chi connectivity index (χ1v) is 8.05. The summed E-state index contributed by atoms with van der Waals surface area (Å²) >= 11 is 1.35. The largest absolute Gasteiger partial charge is 0.481 e. The highest BCUT2D eigenvalue weighted by Gasteiger charge is 2.36. The zero-order valence-electron chi connectivity index (χ0n) is 12.1. The standard InChI is InChI=1S/C14H21N3O3S/c1-9(15)13-16-10(8-21-13)12(20)17-14(7-11(18)19)5-3-2-4-6-14/h8-9H,2-7,15H2,1H3,(H,17,20)(H,18,19). The molecule has 1 saturated carbocycles. The number of hydrogen-bond donors (Lipinski definition) is 3. The van der Waals surface area contributed by atoms with Crippen LogP contribution in [0, 0.1) is 0 Å². The van der Waals surface area contributed by atoms with E-state index in [0.717, 1.165) is 19.3 Å². The highest BCUT2D eigenvalue weighted by atomic mass is 32.1. The molecule has 1 aromatic rings. The number of hydrogen-bond acceptors (Lipinski definition) is 5. The van der Waals surface area contributed by atoms with Gasteiger partial charge in [0.25, 0.3) is 5.91 Å². The van der Waals surface area contributed by atoms with Crippen LogP contribution in [0.1, 0.15) is 67.0 Å². The van der Waals surface area contributed by atoms with Crippen molar-refractivity contribution in [2.45, 2.75) is 57.0 Å². The van der Waals surface area contributed by atoms with E-state index in [4.69, 9.17) is 10.8 Å². The molecule has 1 heterocycles. The third-order valence-corrected chi connectivity index (χ3v) is 4.87.